The summed E-state index contributed by atoms with van der Waals surface area (Å²) in [6.45, 7) is 1.24. The average Bonchev–Trinajstić information content (AvgIpc) is 2.83. The molecule has 1 heterocycles. The maximum Gasteiger partial charge on any atom is 0.328 e. The van der Waals surface area contributed by atoms with E-state index in [0.29, 0.717) is 24.2 Å². The third-order valence-electron chi connectivity index (χ3n) is 4.43. The van der Waals surface area contributed by atoms with Crippen molar-refractivity contribution in [2.75, 3.05) is 22.9 Å². The molecule has 0 atom stereocenters. The molecule has 2 aromatic rings. The maximum absolute atomic E-state index is 13.1. The summed E-state index contributed by atoms with van der Waals surface area (Å²) in [5.74, 6) is -0.0211. The summed E-state index contributed by atoms with van der Waals surface area (Å²) in [5.41, 5.74) is 13.8. The van der Waals surface area contributed by atoms with Gasteiger partial charge in [0.1, 0.15) is 11.7 Å². The summed E-state index contributed by atoms with van der Waals surface area (Å²) in [4.78, 5) is 16.6. The number of nitrogens with one attached hydrogen (secondary N) is 2. The number of carbonyl (C=O) groups is 1. The molecule has 1 fully saturated rings. The minimum atomic E-state index is -0.112. The summed E-state index contributed by atoms with van der Waals surface area (Å²) >= 11 is 0. The predicted octanol–water partition coefficient (Wildman–Crippen LogP) is 3.33. The van der Waals surface area contributed by atoms with E-state index in [1.54, 1.807) is 40.1 Å². The highest BCUT2D eigenvalue weighted by Gasteiger charge is 2.26. The fraction of sp³-hybridized carbons (Fsp3) is 0.211. The Hall–Kier alpha value is -2.77. The normalized spacial score (nSPS) is 13.8. The van der Waals surface area contributed by atoms with E-state index >= 15 is 0 Å². The summed E-state index contributed by atoms with van der Waals surface area (Å²) in [7, 11) is 0. The molecule has 7 nitrogen and oxygen atoms in total. The number of halogens is 2. The molecule has 150 valence electrons. The zero-order valence-corrected chi connectivity index (χ0v) is 16.9. The van der Waals surface area contributed by atoms with Gasteiger partial charge < -0.3 is 11.5 Å². The van der Waals surface area contributed by atoms with Gasteiger partial charge in [-0.15, -0.1) is 24.8 Å². The van der Waals surface area contributed by atoms with Gasteiger partial charge in [0.05, 0.1) is 0 Å². The summed E-state index contributed by atoms with van der Waals surface area (Å²) in [6.07, 6.45) is 1.78. The second-order valence-electron chi connectivity index (χ2n) is 6.22. The molecule has 2 aromatic carbocycles. The maximum atomic E-state index is 13.1. The Bertz CT molecular complexity index is 856. The molecule has 1 aliphatic heterocycles. The van der Waals surface area contributed by atoms with Gasteiger partial charge in [0, 0.05) is 35.6 Å². The number of nitrogens with two attached hydrogens (primary N) is 2. The van der Waals surface area contributed by atoms with Crippen LogP contribution in [-0.4, -0.2) is 30.8 Å². The zero-order chi connectivity index (χ0) is 18.7. The number of hydrogen-bond donors (Lipinski definition) is 4. The van der Waals surface area contributed by atoms with Crippen LogP contribution in [0.3, 0.4) is 0 Å². The lowest BCUT2D eigenvalue weighted by Gasteiger charge is -2.28. The third-order valence-corrected chi connectivity index (χ3v) is 4.43. The predicted molar refractivity (Wildman–Crippen MR) is 119 cm³/mol. The third kappa shape index (κ3) is 4.94. The Morgan fingerprint density at radius 2 is 1.32 bits per heavy atom. The molecule has 3 rings (SSSR count). The van der Waals surface area contributed by atoms with E-state index in [1.165, 1.54) is 0 Å². The fourth-order valence-electron chi connectivity index (χ4n) is 3.02. The molecular formula is C19H24Cl2N6O. The Balaban J connectivity index is 0.00000196. The van der Waals surface area contributed by atoms with E-state index in [1.807, 2.05) is 18.2 Å². The molecule has 0 spiro atoms. The van der Waals surface area contributed by atoms with Gasteiger partial charge in [-0.25, -0.2) is 4.79 Å². The van der Waals surface area contributed by atoms with Gasteiger partial charge in [-0.05, 0) is 49.2 Å². The van der Waals surface area contributed by atoms with Gasteiger partial charge in [-0.3, -0.25) is 20.6 Å². The number of hydrogen-bond acceptors (Lipinski definition) is 3. The van der Waals surface area contributed by atoms with Gasteiger partial charge in [-0.2, -0.15) is 0 Å². The van der Waals surface area contributed by atoms with Crippen molar-refractivity contribution in [2.24, 2.45) is 11.5 Å². The van der Waals surface area contributed by atoms with Crippen molar-refractivity contribution < 1.29 is 4.79 Å². The number of nitrogen functional groups attached to an aromatic ring is 2. The molecule has 2 amide bonds. The topological polar surface area (TPSA) is 123 Å². The van der Waals surface area contributed by atoms with Crippen LogP contribution in [0, 0.1) is 10.8 Å². The zero-order valence-electron chi connectivity index (χ0n) is 15.2. The summed E-state index contributed by atoms with van der Waals surface area (Å²) < 4.78 is 0. The second-order valence-corrected chi connectivity index (χ2v) is 6.22. The lowest BCUT2D eigenvalue weighted by molar-refractivity contribution is 0.252. The van der Waals surface area contributed by atoms with Crippen molar-refractivity contribution >= 4 is 53.9 Å². The smallest absolute Gasteiger partial charge is 0.328 e. The van der Waals surface area contributed by atoms with Crippen molar-refractivity contribution in [2.45, 2.75) is 12.8 Å². The average molecular weight is 423 g/mol. The van der Waals surface area contributed by atoms with Crippen LogP contribution < -0.4 is 21.3 Å². The number of nitrogens with zero attached hydrogens (tertiary/aromatic N) is 2. The molecule has 0 saturated carbocycles. The molecule has 1 aliphatic rings. The quantitative estimate of drug-likeness (QED) is 0.446. The Kier molecular flexibility index (Phi) is 8.28. The molecule has 28 heavy (non-hydrogen) atoms. The molecule has 0 unspecified atom stereocenters. The lowest BCUT2D eigenvalue weighted by Crippen LogP contribution is -2.42. The number of amides is 2. The minimum absolute atomic E-state index is 0. The second kappa shape index (κ2) is 9.96. The number of urea groups is 1. The van der Waals surface area contributed by atoms with Crippen LogP contribution >= 0.6 is 24.8 Å². The number of amidine groups is 2. The largest absolute Gasteiger partial charge is 0.384 e. The van der Waals surface area contributed by atoms with Crippen LogP contribution in [0.1, 0.15) is 24.0 Å². The van der Waals surface area contributed by atoms with Gasteiger partial charge in [0.15, 0.2) is 0 Å². The molecule has 1 saturated heterocycles. The van der Waals surface area contributed by atoms with E-state index in [4.69, 9.17) is 22.3 Å². The van der Waals surface area contributed by atoms with Crippen LogP contribution in [0.2, 0.25) is 0 Å². The van der Waals surface area contributed by atoms with Crippen molar-refractivity contribution in [1.82, 2.24) is 0 Å². The summed E-state index contributed by atoms with van der Waals surface area (Å²) in [6, 6.07) is 14.2. The Morgan fingerprint density at radius 1 is 0.786 bits per heavy atom. The van der Waals surface area contributed by atoms with Gasteiger partial charge in [-0.1, -0.05) is 12.1 Å². The van der Waals surface area contributed by atoms with E-state index < -0.39 is 0 Å². The van der Waals surface area contributed by atoms with Gasteiger partial charge in [0.2, 0.25) is 0 Å². The molecular weight excluding hydrogens is 399 g/mol. The minimum Gasteiger partial charge on any atom is -0.384 e. The molecule has 0 bridgehead atoms. The van der Waals surface area contributed by atoms with E-state index in [2.05, 4.69) is 0 Å². The first kappa shape index (κ1) is 23.3. The van der Waals surface area contributed by atoms with E-state index in [9.17, 15) is 4.79 Å². The number of carbonyl (C=O) groups excluding carboxylic acids is 1. The Morgan fingerprint density at radius 3 is 1.86 bits per heavy atom. The first-order chi connectivity index (χ1) is 12.5. The van der Waals surface area contributed by atoms with Crippen LogP contribution in [0.5, 0.6) is 0 Å². The number of benzene rings is 2. The molecule has 6 N–H and O–H groups in total. The van der Waals surface area contributed by atoms with E-state index in [-0.39, 0.29) is 42.5 Å². The van der Waals surface area contributed by atoms with Crippen molar-refractivity contribution in [1.29, 1.82) is 10.8 Å². The highest BCUT2D eigenvalue weighted by molar-refractivity contribution is 6.05. The molecule has 0 aromatic heterocycles. The first-order valence-electron chi connectivity index (χ1n) is 8.45. The van der Waals surface area contributed by atoms with Crippen molar-refractivity contribution in [3.8, 4) is 0 Å². The SMILES string of the molecule is Cl.Cl.N=C(N)c1ccc(N2CCCCN(c3cccc(C(=N)N)c3)C2=O)cc1. The fourth-order valence-corrected chi connectivity index (χ4v) is 3.02. The lowest BCUT2D eigenvalue weighted by atomic mass is 10.1. The molecule has 0 radical (unpaired) electrons. The molecule has 0 aliphatic carbocycles. The van der Waals surface area contributed by atoms with Crippen LogP contribution in [0.15, 0.2) is 48.5 Å². The Labute approximate surface area is 176 Å². The van der Waals surface area contributed by atoms with E-state index in [0.717, 1.165) is 24.2 Å². The highest BCUT2D eigenvalue weighted by Crippen LogP contribution is 2.25. The van der Waals surface area contributed by atoms with Gasteiger partial charge >= 0.3 is 6.03 Å². The number of rotatable bonds is 4. The van der Waals surface area contributed by atoms with Crippen LogP contribution in [0.25, 0.3) is 0 Å². The summed E-state index contributed by atoms with van der Waals surface area (Å²) in [5, 5.41) is 15.1. The standard InChI is InChI=1S/C19H22N6O.2ClH/c20-17(21)13-6-8-15(9-7-13)24-10-1-2-11-25(19(24)26)16-5-3-4-14(12-16)18(22)23;;/h3-9,12H,1-2,10-11H2,(H3,20,21)(H3,22,23);2*1H. The monoisotopic (exact) mass is 422 g/mol. The first-order valence-corrected chi connectivity index (χ1v) is 8.45. The van der Waals surface area contributed by atoms with Gasteiger partial charge in [0.25, 0.3) is 0 Å². The number of anilines is 2. The van der Waals surface area contributed by atoms with Crippen molar-refractivity contribution in [3.63, 3.8) is 0 Å². The van der Waals surface area contributed by atoms with Crippen LogP contribution in [-0.2, 0) is 0 Å². The highest BCUT2D eigenvalue weighted by atomic mass is 35.5. The molecule has 9 heteroatoms. The van der Waals surface area contributed by atoms with Crippen molar-refractivity contribution in [3.05, 3.63) is 59.7 Å². The van der Waals surface area contributed by atoms with Crippen LogP contribution in [0.4, 0.5) is 16.2 Å².